The van der Waals surface area contributed by atoms with Crippen molar-refractivity contribution in [2.45, 2.75) is 44.3 Å². The molecule has 8 heteroatoms. The topological polar surface area (TPSA) is 86.9 Å². The number of imidazole rings is 1. The van der Waals surface area contributed by atoms with E-state index in [1.807, 2.05) is 0 Å². The van der Waals surface area contributed by atoms with Crippen LogP contribution in [-0.4, -0.2) is 24.4 Å². The van der Waals surface area contributed by atoms with Gasteiger partial charge in [0.05, 0.1) is 10.9 Å². The van der Waals surface area contributed by atoms with E-state index in [9.17, 15) is 8.42 Å². The Hall–Kier alpha value is -1.22. The number of hydrogen-bond donors (Lipinski definition) is 3. The van der Waals surface area contributed by atoms with E-state index < -0.39 is 16.1 Å². The van der Waals surface area contributed by atoms with Crippen molar-refractivity contribution < 1.29 is 8.42 Å². The van der Waals surface area contributed by atoms with Gasteiger partial charge in [0, 0.05) is 35.2 Å². The Bertz CT molecular complexity index is 662. The first-order chi connectivity index (χ1) is 9.88. The van der Waals surface area contributed by atoms with E-state index >= 15 is 0 Å². The highest BCUT2D eigenvalue weighted by Crippen LogP contribution is 2.21. The van der Waals surface area contributed by atoms with Crippen molar-refractivity contribution in [3.8, 4) is 0 Å². The van der Waals surface area contributed by atoms with Crippen molar-refractivity contribution in [1.82, 2.24) is 20.0 Å². The molecule has 0 aromatic carbocycles. The van der Waals surface area contributed by atoms with Crippen molar-refractivity contribution in [2.75, 3.05) is 0 Å². The fourth-order valence-electron chi connectivity index (χ4n) is 1.77. The number of nitrogens with zero attached hydrogens (tertiary/aromatic N) is 1. The van der Waals surface area contributed by atoms with Crippen molar-refractivity contribution in [1.29, 1.82) is 0 Å². The lowest BCUT2D eigenvalue weighted by Crippen LogP contribution is -2.27. The molecule has 0 aliphatic carbocycles. The SMILES string of the molecule is CC(C)NCc1cc(S(=O)(=O)NC(C)c2ncc[nH]2)cs1. The van der Waals surface area contributed by atoms with Gasteiger partial charge in [0.2, 0.25) is 10.0 Å². The van der Waals surface area contributed by atoms with Gasteiger partial charge >= 0.3 is 0 Å². The Kier molecular flexibility index (Phi) is 5.15. The summed E-state index contributed by atoms with van der Waals surface area (Å²) >= 11 is 1.44. The number of sulfonamides is 1. The van der Waals surface area contributed by atoms with Crippen LogP contribution in [0.25, 0.3) is 0 Å². The van der Waals surface area contributed by atoms with Gasteiger partial charge in [-0.2, -0.15) is 0 Å². The van der Waals surface area contributed by atoms with E-state index in [2.05, 4.69) is 33.9 Å². The smallest absolute Gasteiger partial charge is 0.242 e. The summed E-state index contributed by atoms with van der Waals surface area (Å²) in [4.78, 5) is 8.25. The highest BCUT2D eigenvalue weighted by Gasteiger charge is 2.21. The highest BCUT2D eigenvalue weighted by atomic mass is 32.2. The van der Waals surface area contributed by atoms with Crippen LogP contribution in [-0.2, 0) is 16.6 Å². The Morgan fingerprint density at radius 3 is 2.76 bits per heavy atom. The van der Waals surface area contributed by atoms with Crippen molar-refractivity contribution in [3.05, 3.63) is 34.5 Å². The average molecular weight is 328 g/mol. The molecule has 1 unspecified atom stereocenters. The van der Waals surface area contributed by atoms with E-state index in [0.717, 1.165) is 4.88 Å². The summed E-state index contributed by atoms with van der Waals surface area (Å²) in [6.45, 7) is 6.53. The molecule has 0 aliphatic heterocycles. The maximum absolute atomic E-state index is 12.3. The predicted octanol–water partition coefficient (Wildman–Crippen LogP) is 2.01. The van der Waals surface area contributed by atoms with Gasteiger partial charge in [-0.05, 0) is 13.0 Å². The summed E-state index contributed by atoms with van der Waals surface area (Å²) in [6.07, 6.45) is 3.26. The second-order valence-electron chi connectivity index (χ2n) is 5.10. The van der Waals surface area contributed by atoms with E-state index in [0.29, 0.717) is 23.3 Å². The van der Waals surface area contributed by atoms with Gasteiger partial charge < -0.3 is 10.3 Å². The molecule has 6 nitrogen and oxygen atoms in total. The first kappa shape index (κ1) is 16.2. The molecule has 21 heavy (non-hydrogen) atoms. The standard InChI is InChI=1S/C13H20N4O2S2/c1-9(2)16-7-11-6-12(8-20-11)21(18,19)17-10(3)13-14-4-5-15-13/h4-6,8-10,16-17H,7H2,1-3H3,(H,14,15). The van der Waals surface area contributed by atoms with Crippen LogP contribution in [0.5, 0.6) is 0 Å². The normalized spacial score (nSPS) is 13.7. The van der Waals surface area contributed by atoms with Gasteiger partial charge in [0.1, 0.15) is 5.82 Å². The number of aromatic nitrogens is 2. The molecule has 2 aromatic heterocycles. The van der Waals surface area contributed by atoms with E-state index in [1.165, 1.54) is 11.3 Å². The zero-order valence-corrected chi connectivity index (χ0v) is 13.9. The molecule has 0 radical (unpaired) electrons. The minimum atomic E-state index is -3.53. The lowest BCUT2D eigenvalue weighted by atomic mass is 10.3. The highest BCUT2D eigenvalue weighted by molar-refractivity contribution is 7.89. The molecule has 1 atom stereocenters. The predicted molar refractivity (Wildman–Crippen MR) is 83.6 cm³/mol. The summed E-state index contributed by atoms with van der Waals surface area (Å²) in [5.74, 6) is 0.593. The first-order valence-corrected chi connectivity index (χ1v) is 9.07. The molecule has 0 fully saturated rings. The van der Waals surface area contributed by atoms with Gasteiger partial charge in [-0.15, -0.1) is 11.3 Å². The first-order valence-electron chi connectivity index (χ1n) is 6.71. The number of H-pyrrole nitrogens is 1. The summed E-state index contributed by atoms with van der Waals surface area (Å²) < 4.78 is 27.3. The number of thiophene rings is 1. The Balaban J connectivity index is 2.05. The molecule has 0 bridgehead atoms. The molecule has 0 amide bonds. The summed E-state index contributed by atoms with van der Waals surface area (Å²) in [5.41, 5.74) is 0. The van der Waals surface area contributed by atoms with Gasteiger partial charge in [-0.25, -0.2) is 18.1 Å². The molecule has 3 N–H and O–H groups in total. The quantitative estimate of drug-likeness (QED) is 0.725. The molecule has 0 saturated heterocycles. The molecule has 0 spiro atoms. The minimum Gasteiger partial charge on any atom is -0.347 e. The molecule has 2 rings (SSSR count). The van der Waals surface area contributed by atoms with Crippen molar-refractivity contribution in [2.24, 2.45) is 0 Å². The molecule has 0 aliphatic rings. The Morgan fingerprint density at radius 2 is 2.14 bits per heavy atom. The van der Waals surface area contributed by atoms with Gasteiger partial charge in [0.15, 0.2) is 0 Å². The summed E-state index contributed by atoms with van der Waals surface area (Å²) in [7, 11) is -3.53. The zero-order chi connectivity index (χ0) is 15.5. The molecular weight excluding hydrogens is 308 g/mol. The number of nitrogens with one attached hydrogen (secondary N) is 3. The second kappa shape index (κ2) is 6.69. The fourth-order valence-corrected chi connectivity index (χ4v) is 4.20. The van der Waals surface area contributed by atoms with E-state index in [-0.39, 0.29) is 0 Å². The number of aromatic amines is 1. The van der Waals surface area contributed by atoms with Gasteiger partial charge in [-0.3, -0.25) is 0 Å². The molecule has 2 aromatic rings. The monoisotopic (exact) mass is 328 g/mol. The minimum absolute atomic E-state index is 0.298. The maximum atomic E-state index is 12.3. The summed E-state index contributed by atoms with van der Waals surface area (Å²) in [6, 6.07) is 1.67. The van der Waals surface area contributed by atoms with Crippen LogP contribution in [0.3, 0.4) is 0 Å². The average Bonchev–Trinajstić information content (AvgIpc) is 3.07. The van der Waals surface area contributed by atoms with E-state index in [4.69, 9.17) is 0 Å². The van der Waals surface area contributed by atoms with Crippen LogP contribution in [0.1, 0.15) is 37.5 Å². The third-order valence-electron chi connectivity index (χ3n) is 2.89. The molecule has 0 saturated carbocycles. The number of hydrogen-bond acceptors (Lipinski definition) is 5. The van der Waals surface area contributed by atoms with Crippen molar-refractivity contribution in [3.63, 3.8) is 0 Å². The van der Waals surface area contributed by atoms with Crippen LogP contribution >= 0.6 is 11.3 Å². The lowest BCUT2D eigenvalue weighted by Gasteiger charge is -2.11. The number of rotatable bonds is 7. The molecule has 116 valence electrons. The lowest BCUT2D eigenvalue weighted by molar-refractivity contribution is 0.561. The van der Waals surface area contributed by atoms with Crippen LogP contribution in [0.2, 0.25) is 0 Å². The van der Waals surface area contributed by atoms with Crippen LogP contribution in [0, 0.1) is 0 Å². The fraction of sp³-hybridized carbons (Fsp3) is 0.462. The largest absolute Gasteiger partial charge is 0.347 e. The van der Waals surface area contributed by atoms with Crippen molar-refractivity contribution >= 4 is 21.4 Å². The second-order valence-corrected chi connectivity index (χ2v) is 7.81. The van der Waals surface area contributed by atoms with Crippen LogP contribution < -0.4 is 10.0 Å². The molecule has 2 heterocycles. The zero-order valence-electron chi connectivity index (χ0n) is 12.3. The molecular formula is C13H20N4O2S2. The van der Waals surface area contributed by atoms with E-state index in [1.54, 1.807) is 30.8 Å². The van der Waals surface area contributed by atoms with Crippen LogP contribution in [0.4, 0.5) is 0 Å². The van der Waals surface area contributed by atoms with Gasteiger partial charge in [0.25, 0.3) is 0 Å². The third-order valence-corrected chi connectivity index (χ3v) is 5.49. The van der Waals surface area contributed by atoms with Gasteiger partial charge in [-0.1, -0.05) is 13.8 Å². The van der Waals surface area contributed by atoms with Crippen LogP contribution in [0.15, 0.2) is 28.7 Å². The summed E-state index contributed by atoms with van der Waals surface area (Å²) in [5, 5.41) is 4.93. The maximum Gasteiger partial charge on any atom is 0.242 e. The Labute approximate surface area is 129 Å². The Morgan fingerprint density at radius 1 is 1.38 bits per heavy atom. The third kappa shape index (κ3) is 4.37.